The SMILES string of the molecule is Cc1ccoc1C(C)Nc1cccc(C(=O)NCCO)c1. The number of aryl methyl sites for hydroxylation is 1. The zero-order valence-corrected chi connectivity index (χ0v) is 12.2. The number of benzene rings is 1. The molecule has 1 amide bonds. The van der Waals surface area contributed by atoms with Crippen LogP contribution in [0.1, 0.15) is 34.6 Å². The number of carbonyl (C=O) groups excluding carboxylic acids is 1. The summed E-state index contributed by atoms with van der Waals surface area (Å²) < 4.78 is 5.46. The molecule has 1 aromatic carbocycles. The van der Waals surface area contributed by atoms with E-state index in [1.54, 1.807) is 18.4 Å². The summed E-state index contributed by atoms with van der Waals surface area (Å²) in [6.07, 6.45) is 1.67. The standard InChI is InChI=1S/C16H20N2O3/c1-11-6-9-21-15(11)12(2)18-14-5-3-4-13(10-14)16(20)17-7-8-19/h3-6,9-10,12,18-19H,7-8H2,1-2H3,(H,17,20). The molecular weight excluding hydrogens is 268 g/mol. The van der Waals surface area contributed by atoms with Crippen molar-refractivity contribution in [2.45, 2.75) is 19.9 Å². The molecule has 0 radical (unpaired) electrons. The molecule has 5 heteroatoms. The molecule has 0 saturated carbocycles. The van der Waals surface area contributed by atoms with E-state index in [0.717, 1.165) is 17.0 Å². The summed E-state index contributed by atoms with van der Waals surface area (Å²) in [5.41, 5.74) is 2.48. The van der Waals surface area contributed by atoms with Gasteiger partial charge in [-0.1, -0.05) is 6.07 Å². The van der Waals surface area contributed by atoms with Crippen LogP contribution in [-0.2, 0) is 0 Å². The largest absolute Gasteiger partial charge is 0.467 e. The van der Waals surface area contributed by atoms with Crippen molar-refractivity contribution in [1.29, 1.82) is 0 Å². The van der Waals surface area contributed by atoms with Crippen LogP contribution < -0.4 is 10.6 Å². The molecule has 0 aliphatic carbocycles. The molecule has 0 bridgehead atoms. The van der Waals surface area contributed by atoms with Gasteiger partial charge in [-0.05, 0) is 43.7 Å². The van der Waals surface area contributed by atoms with Crippen molar-refractivity contribution in [3.8, 4) is 0 Å². The molecule has 21 heavy (non-hydrogen) atoms. The number of amides is 1. The summed E-state index contributed by atoms with van der Waals surface area (Å²) in [6.45, 7) is 4.18. The lowest BCUT2D eigenvalue weighted by atomic mass is 10.1. The Hall–Kier alpha value is -2.27. The highest BCUT2D eigenvalue weighted by Crippen LogP contribution is 2.23. The zero-order chi connectivity index (χ0) is 15.2. The highest BCUT2D eigenvalue weighted by Gasteiger charge is 2.12. The third-order valence-electron chi connectivity index (χ3n) is 3.20. The number of carbonyl (C=O) groups is 1. The number of nitrogens with one attached hydrogen (secondary N) is 2. The van der Waals surface area contributed by atoms with E-state index < -0.39 is 0 Å². The Balaban J connectivity index is 2.07. The van der Waals surface area contributed by atoms with Crippen LogP contribution in [0.4, 0.5) is 5.69 Å². The molecule has 0 fully saturated rings. The Morgan fingerprint density at radius 1 is 1.38 bits per heavy atom. The van der Waals surface area contributed by atoms with Gasteiger partial charge in [-0.2, -0.15) is 0 Å². The van der Waals surface area contributed by atoms with Crippen molar-refractivity contribution in [3.63, 3.8) is 0 Å². The minimum atomic E-state index is -0.200. The lowest BCUT2D eigenvalue weighted by molar-refractivity contribution is 0.0945. The third kappa shape index (κ3) is 3.86. The fourth-order valence-corrected chi connectivity index (χ4v) is 2.17. The number of aliphatic hydroxyl groups excluding tert-OH is 1. The number of furan rings is 1. The Morgan fingerprint density at radius 3 is 2.86 bits per heavy atom. The molecule has 2 aromatic rings. The molecule has 1 heterocycles. The fourth-order valence-electron chi connectivity index (χ4n) is 2.17. The van der Waals surface area contributed by atoms with Crippen LogP contribution in [0.5, 0.6) is 0 Å². The van der Waals surface area contributed by atoms with Gasteiger partial charge in [0.25, 0.3) is 5.91 Å². The van der Waals surface area contributed by atoms with Crippen molar-refractivity contribution >= 4 is 11.6 Å². The van der Waals surface area contributed by atoms with Crippen molar-refractivity contribution < 1.29 is 14.3 Å². The van der Waals surface area contributed by atoms with Crippen LogP contribution in [0, 0.1) is 6.92 Å². The summed E-state index contributed by atoms with van der Waals surface area (Å²) in [5, 5.41) is 14.7. The average Bonchev–Trinajstić information content (AvgIpc) is 2.91. The van der Waals surface area contributed by atoms with Gasteiger partial charge in [0.1, 0.15) is 5.76 Å². The maximum absolute atomic E-state index is 11.9. The summed E-state index contributed by atoms with van der Waals surface area (Å²) in [4.78, 5) is 11.9. The van der Waals surface area contributed by atoms with Crippen molar-refractivity contribution in [2.24, 2.45) is 0 Å². The first-order valence-electron chi connectivity index (χ1n) is 6.91. The van der Waals surface area contributed by atoms with Crippen LogP contribution in [0.15, 0.2) is 41.0 Å². The smallest absolute Gasteiger partial charge is 0.251 e. The van der Waals surface area contributed by atoms with E-state index in [4.69, 9.17) is 9.52 Å². The third-order valence-corrected chi connectivity index (χ3v) is 3.20. The average molecular weight is 288 g/mol. The molecule has 0 aliphatic rings. The summed E-state index contributed by atoms with van der Waals surface area (Å²) in [5.74, 6) is 0.680. The van der Waals surface area contributed by atoms with E-state index in [0.29, 0.717) is 5.56 Å². The van der Waals surface area contributed by atoms with E-state index in [1.807, 2.05) is 32.0 Å². The lowest BCUT2D eigenvalue weighted by Gasteiger charge is -2.15. The van der Waals surface area contributed by atoms with Gasteiger partial charge in [0.05, 0.1) is 18.9 Å². The predicted molar refractivity (Wildman–Crippen MR) is 81.3 cm³/mol. The Labute approximate surface area is 124 Å². The van der Waals surface area contributed by atoms with Crippen LogP contribution >= 0.6 is 0 Å². The molecule has 0 aliphatic heterocycles. The van der Waals surface area contributed by atoms with Crippen molar-refractivity contribution in [2.75, 3.05) is 18.5 Å². The van der Waals surface area contributed by atoms with Gasteiger partial charge < -0.3 is 20.2 Å². The summed E-state index contributed by atoms with van der Waals surface area (Å²) >= 11 is 0. The Morgan fingerprint density at radius 2 is 2.19 bits per heavy atom. The molecule has 1 atom stereocenters. The highest BCUT2D eigenvalue weighted by atomic mass is 16.3. The molecule has 0 spiro atoms. The molecule has 1 unspecified atom stereocenters. The Bertz CT molecular complexity index is 607. The maximum atomic E-state index is 11.9. The van der Waals surface area contributed by atoms with Crippen molar-refractivity contribution in [3.05, 3.63) is 53.5 Å². The monoisotopic (exact) mass is 288 g/mol. The maximum Gasteiger partial charge on any atom is 0.251 e. The van der Waals surface area contributed by atoms with Gasteiger partial charge in [-0.25, -0.2) is 0 Å². The van der Waals surface area contributed by atoms with Crippen LogP contribution in [0.25, 0.3) is 0 Å². The van der Waals surface area contributed by atoms with E-state index in [2.05, 4.69) is 10.6 Å². The van der Waals surface area contributed by atoms with Gasteiger partial charge in [-0.15, -0.1) is 0 Å². The van der Waals surface area contributed by atoms with Gasteiger partial charge in [0.2, 0.25) is 0 Å². The van der Waals surface area contributed by atoms with Crippen LogP contribution in [0.2, 0.25) is 0 Å². The van der Waals surface area contributed by atoms with E-state index >= 15 is 0 Å². The van der Waals surface area contributed by atoms with Crippen LogP contribution in [0.3, 0.4) is 0 Å². The first-order valence-corrected chi connectivity index (χ1v) is 6.91. The number of hydrogen-bond donors (Lipinski definition) is 3. The number of aliphatic hydroxyl groups is 1. The van der Waals surface area contributed by atoms with Crippen LogP contribution in [-0.4, -0.2) is 24.2 Å². The molecular formula is C16H20N2O3. The zero-order valence-electron chi connectivity index (χ0n) is 12.2. The second kappa shape index (κ2) is 6.95. The van der Waals surface area contributed by atoms with Gasteiger partial charge in [-0.3, -0.25) is 4.79 Å². The molecule has 2 rings (SSSR count). The predicted octanol–water partition coefficient (Wildman–Crippen LogP) is 2.48. The first-order chi connectivity index (χ1) is 10.1. The van der Waals surface area contributed by atoms with Gasteiger partial charge in [0.15, 0.2) is 0 Å². The first kappa shape index (κ1) is 15.1. The van der Waals surface area contributed by atoms with Crippen molar-refractivity contribution in [1.82, 2.24) is 5.32 Å². The second-order valence-electron chi connectivity index (χ2n) is 4.89. The summed E-state index contributed by atoms with van der Waals surface area (Å²) in [7, 11) is 0. The fraction of sp³-hybridized carbons (Fsp3) is 0.312. The number of rotatable bonds is 6. The minimum Gasteiger partial charge on any atom is -0.467 e. The van der Waals surface area contributed by atoms with E-state index in [9.17, 15) is 4.79 Å². The quantitative estimate of drug-likeness (QED) is 0.763. The van der Waals surface area contributed by atoms with Gasteiger partial charge in [0, 0.05) is 17.8 Å². The minimum absolute atomic E-state index is 0.00996. The molecule has 3 N–H and O–H groups in total. The summed E-state index contributed by atoms with van der Waals surface area (Å²) in [6, 6.07) is 9.17. The molecule has 0 saturated heterocycles. The topological polar surface area (TPSA) is 74.5 Å². The lowest BCUT2D eigenvalue weighted by Crippen LogP contribution is -2.26. The normalized spacial score (nSPS) is 12.0. The Kier molecular flexibility index (Phi) is 5.00. The molecule has 112 valence electrons. The van der Waals surface area contributed by atoms with Gasteiger partial charge >= 0.3 is 0 Å². The number of anilines is 1. The molecule has 5 nitrogen and oxygen atoms in total. The van der Waals surface area contributed by atoms with E-state index in [1.165, 1.54) is 0 Å². The van der Waals surface area contributed by atoms with E-state index in [-0.39, 0.29) is 25.1 Å². The second-order valence-corrected chi connectivity index (χ2v) is 4.89. The molecule has 1 aromatic heterocycles. The highest BCUT2D eigenvalue weighted by molar-refractivity contribution is 5.95. The number of hydrogen-bond acceptors (Lipinski definition) is 4.